The molecule has 10 heteroatoms. The number of nitrogens with zero attached hydrogens (tertiary/aromatic N) is 6. The van der Waals surface area contributed by atoms with Crippen molar-refractivity contribution in [3.63, 3.8) is 0 Å². The van der Waals surface area contributed by atoms with Crippen molar-refractivity contribution < 1.29 is 9.59 Å². The predicted molar refractivity (Wildman–Crippen MR) is 136 cm³/mol. The van der Waals surface area contributed by atoms with Gasteiger partial charge in [-0.3, -0.25) is 14.3 Å². The Labute approximate surface area is 210 Å². The maximum atomic E-state index is 13.3. The molecule has 0 radical (unpaired) electrons. The van der Waals surface area contributed by atoms with Crippen LogP contribution < -0.4 is 15.5 Å². The van der Waals surface area contributed by atoms with E-state index in [1.165, 1.54) is 0 Å². The van der Waals surface area contributed by atoms with Crippen LogP contribution >= 0.6 is 0 Å². The topological polar surface area (TPSA) is 119 Å². The molecule has 1 aliphatic heterocycles. The molecule has 36 heavy (non-hydrogen) atoms. The molecule has 3 heterocycles. The van der Waals surface area contributed by atoms with Gasteiger partial charge in [0.25, 0.3) is 0 Å². The highest BCUT2D eigenvalue weighted by molar-refractivity contribution is 5.94. The van der Waals surface area contributed by atoms with Crippen LogP contribution in [0.15, 0.2) is 55.0 Å². The molecule has 1 unspecified atom stereocenters. The number of aromatic nitrogens is 3. The molecule has 1 aromatic carbocycles. The lowest BCUT2D eigenvalue weighted by Gasteiger charge is -2.33. The molecule has 0 aliphatic carbocycles. The van der Waals surface area contributed by atoms with E-state index in [1.807, 2.05) is 29.3 Å². The molecule has 10 nitrogen and oxygen atoms in total. The summed E-state index contributed by atoms with van der Waals surface area (Å²) in [5.74, 6) is 0.373. The first-order valence-electron chi connectivity index (χ1n) is 11.8. The molecule has 0 bridgehead atoms. The minimum atomic E-state index is -0.628. The van der Waals surface area contributed by atoms with Crippen LogP contribution in [-0.4, -0.2) is 64.7 Å². The zero-order valence-electron chi connectivity index (χ0n) is 20.7. The number of hydrogen-bond donors (Lipinski definition) is 2. The zero-order chi connectivity index (χ0) is 25.7. The molecule has 186 valence electrons. The van der Waals surface area contributed by atoms with E-state index in [0.717, 1.165) is 23.4 Å². The number of nitrogens with one attached hydrogen (secondary N) is 2. The minimum absolute atomic E-state index is 0.0688. The smallest absolute Gasteiger partial charge is 0.247 e. The fourth-order valence-electron chi connectivity index (χ4n) is 4.07. The van der Waals surface area contributed by atoms with Crippen LogP contribution in [0.1, 0.15) is 35.6 Å². The monoisotopic (exact) mass is 486 g/mol. The van der Waals surface area contributed by atoms with Crippen molar-refractivity contribution in [3.8, 4) is 6.07 Å². The van der Waals surface area contributed by atoms with Crippen molar-refractivity contribution in [2.45, 2.75) is 18.9 Å². The van der Waals surface area contributed by atoms with Crippen LogP contribution in [0.2, 0.25) is 0 Å². The number of hydrogen-bond acceptors (Lipinski definition) is 7. The quantitative estimate of drug-likeness (QED) is 0.500. The van der Waals surface area contributed by atoms with Crippen LogP contribution in [0.4, 0.5) is 11.5 Å². The third-order valence-electron chi connectivity index (χ3n) is 6.38. The molecule has 1 saturated heterocycles. The highest BCUT2D eigenvalue weighted by atomic mass is 16.2. The lowest BCUT2D eigenvalue weighted by molar-refractivity contribution is -0.129. The Balaban J connectivity index is 1.42. The van der Waals surface area contributed by atoms with Crippen LogP contribution in [0.5, 0.6) is 0 Å². The summed E-state index contributed by atoms with van der Waals surface area (Å²) in [6.07, 6.45) is 5.16. The van der Waals surface area contributed by atoms with Gasteiger partial charge in [0.1, 0.15) is 11.9 Å². The van der Waals surface area contributed by atoms with Gasteiger partial charge in [-0.2, -0.15) is 10.4 Å². The summed E-state index contributed by atoms with van der Waals surface area (Å²) in [5, 5.41) is 19.5. The van der Waals surface area contributed by atoms with Gasteiger partial charge in [0.05, 0.1) is 36.3 Å². The summed E-state index contributed by atoms with van der Waals surface area (Å²) in [7, 11) is 3.61. The van der Waals surface area contributed by atoms with E-state index >= 15 is 0 Å². The van der Waals surface area contributed by atoms with Crippen LogP contribution in [0.25, 0.3) is 0 Å². The van der Waals surface area contributed by atoms with E-state index in [0.29, 0.717) is 31.0 Å². The highest BCUT2D eigenvalue weighted by Gasteiger charge is 2.24. The Kier molecular flexibility index (Phi) is 7.61. The fourth-order valence-corrected chi connectivity index (χ4v) is 4.07. The molecule has 4 rings (SSSR count). The zero-order valence-corrected chi connectivity index (χ0v) is 20.7. The second kappa shape index (κ2) is 11.0. The predicted octanol–water partition coefficient (Wildman–Crippen LogP) is 2.04. The van der Waals surface area contributed by atoms with Gasteiger partial charge in [0.2, 0.25) is 11.8 Å². The molecule has 3 aromatic rings. The second-order valence-electron chi connectivity index (χ2n) is 9.05. The molecule has 0 spiro atoms. The Hall–Kier alpha value is -4.23. The van der Waals surface area contributed by atoms with Crippen molar-refractivity contribution >= 4 is 23.3 Å². The fraction of sp³-hybridized carbons (Fsp3) is 0.346. The third kappa shape index (κ3) is 5.87. The van der Waals surface area contributed by atoms with Gasteiger partial charge in [0, 0.05) is 45.5 Å². The largest absolute Gasteiger partial charge is 0.359 e. The van der Waals surface area contributed by atoms with Crippen molar-refractivity contribution in [3.05, 3.63) is 71.7 Å². The van der Waals surface area contributed by atoms with Gasteiger partial charge in [0.15, 0.2) is 0 Å². The average Bonchev–Trinajstić information content (AvgIpc) is 3.32. The molecule has 2 amide bonds. The number of piperazine rings is 1. The lowest BCUT2D eigenvalue weighted by atomic mass is 9.99. The number of aryl methyl sites for hydroxylation is 1. The van der Waals surface area contributed by atoms with Crippen molar-refractivity contribution in [2.24, 2.45) is 7.05 Å². The summed E-state index contributed by atoms with van der Waals surface area (Å²) >= 11 is 0. The Morgan fingerprint density at radius 2 is 1.89 bits per heavy atom. The van der Waals surface area contributed by atoms with Gasteiger partial charge in [-0.05, 0) is 35.7 Å². The molecular formula is C26H30N8O2. The number of benzene rings is 1. The summed E-state index contributed by atoms with van der Waals surface area (Å²) in [4.78, 5) is 33.4. The Morgan fingerprint density at radius 1 is 1.11 bits per heavy atom. The summed E-state index contributed by atoms with van der Waals surface area (Å²) in [5.41, 5.74) is 3.28. The van der Waals surface area contributed by atoms with Crippen LogP contribution in [0.3, 0.4) is 0 Å². The molecule has 2 N–H and O–H groups in total. The first-order chi connectivity index (χ1) is 17.3. The van der Waals surface area contributed by atoms with E-state index in [-0.39, 0.29) is 17.7 Å². The maximum absolute atomic E-state index is 13.3. The number of likely N-dealkylation sites (N-methyl/N-ethyl adjacent to an activating group) is 1. The number of carbonyl (C=O) groups excluding carboxylic acids is 2. The van der Waals surface area contributed by atoms with Crippen LogP contribution in [-0.2, 0) is 16.6 Å². The SMILES string of the molecule is C[C@@H](CNC(C(=O)Nc1ccc(N2CCN(C)C(=O)C2)cn1)c1cnn(C)c1)c1ccc(C#N)cc1. The number of pyridine rings is 1. The van der Waals surface area contributed by atoms with Gasteiger partial charge in [-0.15, -0.1) is 0 Å². The first kappa shape index (κ1) is 24.9. The van der Waals surface area contributed by atoms with E-state index in [9.17, 15) is 9.59 Å². The molecule has 0 saturated carbocycles. The average molecular weight is 487 g/mol. The van der Waals surface area contributed by atoms with E-state index in [1.54, 1.807) is 54.3 Å². The second-order valence-corrected chi connectivity index (χ2v) is 9.05. The Morgan fingerprint density at radius 3 is 2.50 bits per heavy atom. The van der Waals surface area contributed by atoms with Gasteiger partial charge in [-0.25, -0.2) is 4.98 Å². The molecule has 2 atom stereocenters. The van der Waals surface area contributed by atoms with Crippen molar-refractivity contribution in [2.75, 3.05) is 43.4 Å². The van der Waals surface area contributed by atoms with E-state index in [4.69, 9.17) is 5.26 Å². The molecule has 1 aliphatic rings. The number of nitriles is 1. The number of rotatable bonds is 8. The Bertz CT molecular complexity index is 1250. The maximum Gasteiger partial charge on any atom is 0.247 e. The molecule has 1 fully saturated rings. The van der Waals surface area contributed by atoms with E-state index in [2.05, 4.69) is 33.7 Å². The van der Waals surface area contributed by atoms with Gasteiger partial charge in [-0.1, -0.05) is 19.1 Å². The van der Waals surface area contributed by atoms with E-state index < -0.39 is 6.04 Å². The van der Waals surface area contributed by atoms with Gasteiger partial charge < -0.3 is 20.4 Å². The normalized spacial score (nSPS) is 15.3. The van der Waals surface area contributed by atoms with Crippen molar-refractivity contribution in [1.82, 2.24) is 25.0 Å². The van der Waals surface area contributed by atoms with Crippen molar-refractivity contribution in [1.29, 1.82) is 5.26 Å². The number of amides is 2. The lowest BCUT2D eigenvalue weighted by Crippen LogP contribution is -2.48. The molecule has 2 aromatic heterocycles. The van der Waals surface area contributed by atoms with Crippen LogP contribution in [0, 0.1) is 11.3 Å². The van der Waals surface area contributed by atoms with Gasteiger partial charge >= 0.3 is 0 Å². The standard InChI is InChI=1S/C26H30N8O2/c1-18(20-6-4-19(12-27)5-7-20)13-29-25(21-14-30-33(3)16-21)26(36)31-23-9-8-22(15-28-23)34-11-10-32(2)24(35)17-34/h4-9,14-16,18,25,29H,10-11,13,17H2,1-3H3,(H,28,31,36)/t18-,25?/m0/s1. The third-order valence-corrected chi connectivity index (χ3v) is 6.38. The number of anilines is 2. The first-order valence-corrected chi connectivity index (χ1v) is 11.8. The molecular weight excluding hydrogens is 456 g/mol. The highest BCUT2D eigenvalue weighted by Crippen LogP contribution is 2.21. The number of carbonyl (C=O) groups is 2. The summed E-state index contributed by atoms with van der Waals surface area (Å²) in [6.45, 7) is 4.32. The summed E-state index contributed by atoms with van der Waals surface area (Å²) in [6, 6.07) is 12.6. The summed E-state index contributed by atoms with van der Waals surface area (Å²) < 4.78 is 1.66. The minimum Gasteiger partial charge on any atom is -0.359 e.